The van der Waals surface area contributed by atoms with E-state index in [4.69, 9.17) is 4.74 Å². The number of rotatable bonds is 5. The fraction of sp³-hybridized carbons (Fsp3) is 0.842. The monoisotopic (exact) mass is 305 g/mol. The van der Waals surface area contributed by atoms with Gasteiger partial charge in [-0.05, 0) is 51.4 Å². The van der Waals surface area contributed by atoms with Gasteiger partial charge in [0.1, 0.15) is 0 Å². The summed E-state index contributed by atoms with van der Waals surface area (Å²) >= 11 is 0. The summed E-state index contributed by atoms with van der Waals surface area (Å²) in [4.78, 5) is 11.8. The van der Waals surface area contributed by atoms with Crippen LogP contribution in [0.1, 0.15) is 71.6 Å². The van der Waals surface area contributed by atoms with Gasteiger partial charge in [0.05, 0.1) is 17.7 Å². The standard InChI is InChI=1S/C19H31NO2/c1-13(2)18(21)20-14(3)17-12-19(22-17,15-8-4-5-9-15)16-10-6-7-11-16/h14-17H,1,4-12H2,2-3H3,(H,20,21). The third kappa shape index (κ3) is 2.84. The van der Waals surface area contributed by atoms with E-state index in [1.54, 1.807) is 6.92 Å². The van der Waals surface area contributed by atoms with Crippen molar-refractivity contribution in [2.45, 2.75) is 89.4 Å². The van der Waals surface area contributed by atoms with E-state index in [-0.39, 0.29) is 23.7 Å². The van der Waals surface area contributed by atoms with E-state index in [0.717, 1.165) is 18.3 Å². The number of amides is 1. The molecule has 0 radical (unpaired) electrons. The van der Waals surface area contributed by atoms with Gasteiger partial charge >= 0.3 is 0 Å². The number of carbonyl (C=O) groups is 1. The molecular formula is C19H31NO2. The van der Waals surface area contributed by atoms with Crippen molar-refractivity contribution < 1.29 is 9.53 Å². The Balaban J connectivity index is 1.63. The van der Waals surface area contributed by atoms with Crippen molar-refractivity contribution >= 4 is 5.91 Å². The van der Waals surface area contributed by atoms with Crippen LogP contribution in [0.25, 0.3) is 0 Å². The minimum absolute atomic E-state index is 0.0460. The second-order valence-corrected chi connectivity index (χ2v) is 7.82. The molecule has 3 nitrogen and oxygen atoms in total. The lowest BCUT2D eigenvalue weighted by Crippen LogP contribution is -2.64. The van der Waals surface area contributed by atoms with Gasteiger partial charge in [-0.1, -0.05) is 32.3 Å². The van der Waals surface area contributed by atoms with Crippen LogP contribution in [0.5, 0.6) is 0 Å². The van der Waals surface area contributed by atoms with E-state index in [0.29, 0.717) is 5.57 Å². The maximum absolute atomic E-state index is 11.8. The first kappa shape index (κ1) is 16.0. The molecule has 3 rings (SSSR count). The Morgan fingerprint density at radius 1 is 1.14 bits per heavy atom. The fourth-order valence-corrected chi connectivity index (χ4v) is 4.98. The lowest BCUT2D eigenvalue weighted by atomic mass is 9.67. The zero-order chi connectivity index (χ0) is 15.7. The van der Waals surface area contributed by atoms with Crippen LogP contribution >= 0.6 is 0 Å². The van der Waals surface area contributed by atoms with Crippen molar-refractivity contribution in [3.8, 4) is 0 Å². The van der Waals surface area contributed by atoms with Crippen LogP contribution in [0.4, 0.5) is 0 Å². The predicted octanol–water partition coefficient (Wildman–Crippen LogP) is 3.98. The Labute approximate surface area is 134 Å². The fourth-order valence-electron chi connectivity index (χ4n) is 4.98. The van der Waals surface area contributed by atoms with Crippen LogP contribution in [0, 0.1) is 11.8 Å². The van der Waals surface area contributed by atoms with Gasteiger partial charge < -0.3 is 10.1 Å². The quantitative estimate of drug-likeness (QED) is 0.780. The molecule has 2 saturated carbocycles. The van der Waals surface area contributed by atoms with Gasteiger partial charge in [0.15, 0.2) is 0 Å². The first-order chi connectivity index (χ1) is 10.5. The lowest BCUT2D eigenvalue weighted by molar-refractivity contribution is -0.265. The normalized spacial score (nSPS) is 30.0. The average Bonchev–Trinajstić information content (AvgIpc) is 3.10. The topological polar surface area (TPSA) is 38.3 Å². The van der Waals surface area contributed by atoms with Gasteiger partial charge in [-0.2, -0.15) is 0 Å². The molecule has 1 heterocycles. The van der Waals surface area contributed by atoms with Gasteiger partial charge in [-0.25, -0.2) is 0 Å². The Kier molecular flexibility index (Phi) is 4.63. The Bertz CT molecular complexity index is 409. The molecule has 1 aliphatic heterocycles. The molecule has 3 fully saturated rings. The summed E-state index contributed by atoms with van der Waals surface area (Å²) in [6.07, 6.45) is 12.2. The molecule has 0 aromatic rings. The lowest BCUT2D eigenvalue weighted by Gasteiger charge is -2.57. The molecule has 1 saturated heterocycles. The molecule has 0 aromatic carbocycles. The molecule has 2 aliphatic carbocycles. The van der Waals surface area contributed by atoms with Crippen molar-refractivity contribution in [3.05, 3.63) is 12.2 Å². The molecule has 22 heavy (non-hydrogen) atoms. The van der Waals surface area contributed by atoms with Crippen molar-refractivity contribution in [1.82, 2.24) is 5.32 Å². The van der Waals surface area contributed by atoms with E-state index < -0.39 is 0 Å². The van der Waals surface area contributed by atoms with E-state index in [1.165, 1.54) is 51.4 Å². The molecule has 0 bridgehead atoms. The van der Waals surface area contributed by atoms with Crippen molar-refractivity contribution in [2.75, 3.05) is 0 Å². The highest BCUT2D eigenvalue weighted by Gasteiger charge is 2.57. The summed E-state index contributed by atoms with van der Waals surface area (Å²) in [7, 11) is 0. The van der Waals surface area contributed by atoms with Gasteiger partial charge in [0.25, 0.3) is 0 Å². The summed E-state index contributed by atoms with van der Waals surface area (Å²) in [5, 5.41) is 3.04. The minimum Gasteiger partial charge on any atom is -0.369 e. The first-order valence-corrected chi connectivity index (χ1v) is 9.17. The number of nitrogens with one attached hydrogen (secondary N) is 1. The highest BCUT2D eigenvalue weighted by molar-refractivity contribution is 5.92. The van der Waals surface area contributed by atoms with E-state index in [9.17, 15) is 4.79 Å². The summed E-state index contributed by atoms with van der Waals surface area (Å²) in [6, 6.07) is 0.0835. The Hall–Kier alpha value is -0.830. The van der Waals surface area contributed by atoms with Crippen LogP contribution < -0.4 is 5.32 Å². The second kappa shape index (κ2) is 6.35. The molecule has 1 N–H and O–H groups in total. The molecule has 3 heteroatoms. The van der Waals surface area contributed by atoms with Gasteiger partial charge in [0, 0.05) is 12.0 Å². The Morgan fingerprint density at radius 3 is 2.00 bits per heavy atom. The highest BCUT2D eigenvalue weighted by atomic mass is 16.5. The molecule has 3 aliphatic rings. The van der Waals surface area contributed by atoms with Crippen LogP contribution in [0.15, 0.2) is 12.2 Å². The highest BCUT2D eigenvalue weighted by Crippen LogP contribution is 2.55. The predicted molar refractivity (Wildman–Crippen MR) is 88.6 cm³/mol. The van der Waals surface area contributed by atoms with Crippen LogP contribution in [-0.4, -0.2) is 23.7 Å². The summed E-state index contributed by atoms with van der Waals surface area (Å²) in [6.45, 7) is 7.54. The summed E-state index contributed by atoms with van der Waals surface area (Å²) in [5.41, 5.74) is 0.712. The molecule has 2 atom stereocenters. The van der Waals surface area contributed by atoms with E-state index >= 15 is 0 Å². The third-order valence-electron chi connectivity index (χ3n) is 6.29. The van der Waals surface area contributed by atoms with Crippen molar-refractivity contribution in [1.29, 1.82) is 0 Å². The summed E-state index contributed by atoms with van der Waals surface area (Å²) in [5.74, 6) is 1.47. The zero-order valence-electron chi connectivity index (χ0n) is 14.2. The van der Waals surface area contributed by atoms with Crippen molar-refractivity contribution in [3.63, 3.8) is 0 Å². The SMILES string of the molecule is C=C(C)C(=O)NC(C)C1CC(C2CCCC2)(C2CCCC2)O1. The molecule has 1 amide bonds. The molecule has 124 valence electrons. The maximum Gasteiger partial charge on any atom is 0.246 e. The van der Waals surface area contributed by atoms with Crippen LogP contribution in [-0.2, 0) is 9.53 Å². The Morgan fingerprint density at radius 2 is 1.59 bits per heavy atom. The maximum atomic E-state index is 11.8. The van der Waals surface area contributed by atoms with Gasteiger partial charge in [-0.15, -0.1) is 0 Å². The van der Waals surface area contributed by atoms with Gasteiger partial charge in [-0.3, -0.25) is 4.79 Å². The molecule has 0 aromatic heterocycles. The van der Waals surface area contributed by atoms with E-state index in [2.05, 4.69) is 18.8 Å². The number of hydrogen-bond acceptors (Lipinski definition) is 2. The average molecular weight is 305 g/mol. The van der Waals surface area contributed by atoms with Crippen LogP contribution in [0.2, 0.25) is 0 Å². The largest absolute Gasteiger partial charge is 0.369 e. The van der Waals surface area contributed by atoms with Crippen LogP contribution in [0.3, 0.4) is 0 Å². The molecular weight excluding hydrogens is 274 g/mol. The zero-order valence-corrected chi connectivity index (χ0v) is 14.2. The second-order valence-electron chi connectivity index (χ2n) is 7.82. The smallest absolute Gasteiger partial charge is 0.246 e. The summed E-state index contributed by atoms with van der Waals surface area (Å²) < 4.78 is 6.59. The number of ether oxygens (including phenoxy) is 1. The number of hydrogen-bond donors (Lipinski definition) is 1. The minimum atomic E-state index is -0.0460. The first-order valence-electron chi connectivity index (χ1n) is 9.17. The number of carbonyl (C=O) groups excluding carboxylic acids is 1. The molecule has 2 unspecified atom stereocenters. The van der Waals surface area contributed by atoms with Gasteiger partial charge in [0.2, 0.25) is 5.91 Å². The molecule has 0 spiro atoms. The third-order valence-corrected chi connectivity index (χ3v) is 6.29. The van der Waals surface area contributed by atoms with E-state index in [1.807, 2.05) is 0 Å². The van der Waals surface area contributed by atoms with Crippen molar-refractivity contribution in [2.24, 2.45) is 11.8 Å².